The summed E-state index contributed by atoms with van der Waals surface area (Å²) >= 11 is 0. The van der Waals surface area contributed by atoms with E-state index in [4.69, 9.17) is 16.4 Å². The van der Waals surface area contributed by atoms with E-state index < -0.39 is 48.3 Å². The summed E-state index contributed by atoms with van der Waals surface area (Å²) in [5.74, 6) is 9.18. The van der Waals surface area contributed by atoms with Crippen molar-refractivity contribution in [1.82, 2.24) is 10.9 Å². The number of phenols is 1. The summed E-state index contributed by atoms with van der Waals surface area (Å²) in [5.41, 5.74) is 1.21. The minimum atomic E-state index is -1.74. The van der Waals surface area contributed by atoms with Gasteiger partial charge in [-0.3, -0.25) is 16.5 Å². The SMILES string of the molecule is CCOC(=O)OCOC(=O)[C@](C)(CC(=O)[C@@](C)(NN)[C@@H](O)c1cccc(O)c1)NN. The number of carbonyl (C=O) groups is 3. The minimum absolute atomic E-state index is 0.0789. The van der Waals surface area contributed by atoms with Crippen molar-refractivity contribution in [2.45, 2.75) is 44.4 Å². The number of hydrogen-bond acceptors (Lipinski definition) is 12. The third-order valence-electron chi connectivity index (χ3n) is 4.52. The van der Waals surface area contributed by atoms with Crippen molar-refractivity contribution in [3.05, 3.63) is 29.8 Å². The molecule has 1 aromatic carbocycles. The highest BCUT2D eigenvalue weighted by Crippen LogP contribution is 2.30. The number of phenolic OH excluding ortho intramolecular Hbond substituents is 1. The molecule has 1 aromatic rings. The molecular weight excluding hydrogens is 400 g/mol. The van der Waals surface area contributed by atoms with Gasteiger partial charge in [0.25, 0.3) is 0 Å². The number of esters is 1. The number of hydrazine groups is 2. The average Bonchev–Trinajstić information content (AvgIpc) is 2.72. The maximum absolute atomic E-state index is 13.0. The third kappa shape index (κ3) is 6.11. The lowest BCUT2D eigenvalue weighted by Crippen LogP contribution is -2.62. The Hall–Kier alpha value is -2.77. The number of hydrogen-bond donors (Lipinski definition) is 6. The molecule has 0 bridgehead atoms. The number of Topliss-reactive ketones (excluding diaryl/α,β-unsaturated/α-hetero) is 1. The molecule has 0 aliphatic heterocycles. The molecular formula is C18H28N4O8. The van der Waals surface area contributed by atoms with E-state index in [1.807, 2.05) is 0 Å². The zero-order chi connectivity index (χ0) is 22.9. The Balaban J connectivity index is 2.92. The Morgan fingerprint density at radius 2 is 1.80 bits per heavy atom. The van der Waals surface area contributed by atoms with E-state index in [9.17, 15) is 24.6 Å². The van der Waals surface area contributed by atoms with Crippen LogP contribution < -0.4 is 22.5 Å². The molecule has 0 amide bonds. The van der Waals surface area contributed by atoms with Crippen molar-refractivity contribution in [3.63, 3.8) is 0 Å². The van der Waals surface area contributed by atoms with Crippen LogP contribution in [0.15, 0.2) is 24.3 Å². The van der Waals surface area contributed by atoms with Crippen molar-refractivity contribution in [2.75, 3.05) is 13.4 Å². The standard InChI is InChI=1S/C18H28N4O8/c1-4-28-16(27)30-10-29-15(26)17(2,21-19)9-13(24)18(3,22-20)14(25)11-6-5-7-12(23)8-11/h5-8,14,21-23,25H,4,9-10,19-20H2,1-3H3/t14-,17-,18+/m0/s1. The maximum atomic E-state index is 13.0. The molecule has 0 aliphatic carbocycles. The number of aromatic hydroxyl groups is 1. The Bertz CT molecular complexity index is 761. The molecule has 1 rings (SSSR count). The van der Waals surface area contributed by atoms with Gasteiger partial charge in [0.1, 0.15) is 22.9 Å². The third-order valence-corrected chi connectivity index (χ3v) is 4.52. The molecule has 0 spiro atoms. The van der Waals surface area contributed by atoms with Crippen molar-refractivity contribution in [2.24, 2.45) is 11.7 Å². The fraction of sp³-hybridized carbons (Fsp3) is 0.500. The number of aliphatic hydroxyl groups is 1. The van der Waals surface area contributed by atoms with Crippen LogP contribution in [0.4, 0.5) is 4.79 Å². The predicted octanol–water partition coefficient (Wildman–Crippen LogP) is -0.497. The fourth-order valence-corrected chi connectivity index (χ4v) is 2.48. The lowest BCUT2D eigenvalue weighted by molar-refractivity contribution is -0.163. The number of nitrogens with two attached hydrogens (primary N) is 2. The maximum Gasteiger partial charge on any atom is 0.511 e. The first-order valence-electron chi connectivity index (χ1n) is 8.96. The molecule has 0 saturated carbocycles. The summed E-state index contributed by atoms with van der Waals surface area (Å²) < 4.78 is 13.9. The zero-order valence-electron chi connectivity index (χ0n) is 17.0. The average molecular weight is 428 g/mol. The first kappa shape index (κ1) is 25.3. The molecule has 0 fully saturated rings. The van der Waals surface area contributed by atoms with Crippen LogP contribution in [0.1, 0.15) is 38.9 Å². The number of ketones is 1. The van der Waals surface area contributed by atoms with Crippen molar-refractivity contribution >= 4 is 17.9 Å². The van der Waals surface area contributed by atoms with Crippen LogP contribution in [0.3, 0.4) is 0 Å². The number of nitrogens with one attached hydrogen (secondary N) is 2. The summed E-state index contributed by atoms with van der Waals surface area (Å²) in [6.07, 6.45) is -3.04. The van der Waals surface area contributed by atoms with E-state index in [0.29, 0.717) is 0 Å². The van der Waals surface area contributed by atoms with Gasteiger partial charge in [-0.15, -0.1) is 0 Å². The van der Waals surface area contributed by atoms with Crippen LogP contribution in [-0.2, 0) is 23.8 Å². The number of benzene rings is 1. The van der Waals surface area contributed by atoms with E-state index in [1.54, 1.807) is 6.92 Å². The number of aliphatic hydroxyl groups excluding tert-OH is 1. The van der Waals surface area contributed by atoms with Gasteiger partial charge >= 0.3 is 12.1 Å². The second-order valence-electron chi connectivity index (χ2n) is 6.80. The van der Waals surface area contributed by atoms with Crippen LogP contribution in [0, 0.1) is 0 Å². The van der Waals surface area contributed by atoms with E-state index in [0.717, 1.165) is 0 Å². The molecule has 12 nitrogen and oxygen atoms in total. The molecule has 3 atom stereocenters. The molecule has 0 radical (unpaired) electrons. The predicted molar refractivity (Wildman–Crippen MR) is 103 cm³/mol. The van der Waals surface area contributed by atoms with E-state index in [-0.39, 0.29) is 17.9 Å². The second kappa shape index (κ2) is 10.8. The van der Waals surface area contributed by atoms with E-state index >= 15 is 0 Å². The highest BCUT2D eigenvalue weighted by molar-refractivity contribution is 5.95. The number of ether oxygens (including phenoxy) is 3. The molecule has 8 N–H and O–H groups in total. The monoisotopic (exact) mass is 428 g/mol. The van der Waals surface area contributed by atoms with Gasteiger partial charge in [0.15, 0.2) is 5.78 Å². The van der Waals surface area contributed by atoms with Gasteiger partial charge in [0.05, 0.1) is 6.61 Å². The van der Waals surface area contributed by atoms with E-state index in [2.05, 4.69) is 20.3 Å². The minimum Gasteiger partial charge on any atom is -0.508 e. The van der Waals surface area contributed by atoms with E-state index in [1.165, 1.54) is 38.1 Å². The molecule has 12 heteroatoms. The zero-order valence-corrected chi connectivity index (χ0v) is 17.0. The largest absolute Gasteiger partial charge is 0.511 e. The molecule has 0 saturated heterocycles. The summed E-state index contributed by atoms with van der Waals surface area (Å²) in [7, 11) is 0. The van der Waals surface area contributed by atoms with Gasteiger partial charge in [0.2, 0.25) is 6.79 Å². The summed E-state index contributed by atoms with van der Waals surface area (Å²) in [6.45, 7) is 3.52. The van der Waals surface area contributed by atoms with Gasteiger partial charge in [-0.05, 0) is 38.5 Å². The number of carbonyl (C=O) groups excluding carboxylic acids is 3. The Labute approximate surface area is 173 Å². The van der Waals surface area contributed by atoms with Gasteiger partial charge in [0, 0.05) is 6.42 Å². The summed E-state index contributed by atoms with van der Waals surface area (Å²) in [4.78, 5) is 36.5. The van der Waals surface area contributed by atoms with Gasteiger partial charge in [-0.2, -0.15) is 0 Å². The van der Waals surface area contributed by atoms with Crippen LogP contribution in [0.25, 0.3) is 0 Å². The Kier molecular flexibility index (Phi) is 9.14. The van der Waals surface area contributed by atoms with Crippen LogP contribution >= 0.6 is 0 Å². The molecule has 0 unspecified atom stereocenters. The van der Waals surface area contributed by atoms with Crippen LogP contribution in [-0.4, -0.2) is 52.6 Å². The van der Waals surface area contributed by atoms with Gasteiger partial charge in [-0.25, -0.2) is 20.4 Å². The Morgan fingerprint density at radius 1 is 1.13 bits per heavy atom. The van der Waals surface area contributed by atoms with Crippen molar-refractivity contribution < 1.29 is 38.8 Å². The quantitative estimate of drug-likeness (QED) is 0.115. The number of rotatable bonds is 11. The lowest BCUT2D eigenvalue weighted by Gasteiger charge is -2.35. The first-order chi connectivity index (χ1) is 14.0. The first-order valence-corrected chi connectivity index (χ1v) is 8.96. The second-order valence-corrected chi connectivity index (χ2v) is 6.80. The molecule has 168 valence electrons. The smallest absolute Gasteiger partial charge is 0.508 e. The normalized spacial score (nSPS) is 15.9. The summed E-state index contributed by atoms with van der Waals surface area (Å²) in [5, 5.41) is 20.3. The lowest BCUT2D eigenvalue weighted by atomic mass is 9.80. The van der Waals surface area contributed by atoms with Crippen LogP contribution in [0.5, 0.6) is 5.75 Å². The fourth-order valence-electron chi connectivity index (χ4n) is 2.48. The molecule has 0 aromatic heterocycles. The van der Waals surface area contributed by atoms with Crippen molar-refractivity contribution in [1.29, 1.82) is 0 Å². The Morgan fingerprint density at radius 3 is 2.33 bits per heavy atom. The molecule has 30 heavy (non-hydrogen) atoms. The highest BCUT2D eigenvalue weighted by Gasteiger charge is 2.46. The summed E-state index contributed by atoms with van der Waals surface area (Å²) in [6, 6.07) is 5.65. The molecule has 0 aliphatic rings. The highest BCUT2D eigenvalue weighted by atomic mass is 16.8. The molecule has 0 heterocycles. The van der Waals surface area contributed by atoms with Crippen LogP contribution in [0.2, 0.25) is 0 Å². The van der Waals surface area contributed by atoms with Gasteiger partial charge in [-0.1, -0.05) is 12.1 Å². The van der Waals surface area contributed by atoms with Crippen molar-refractivity contribution in [3.8, 4) is 5.75 Å². The topological polar surface area (TPSA) is 195 Å². The van der Waals surface area contributed by atoms with Gasteiger partial charge < -0.3 is 24.4 Å².